The molecule has 0 aliphatic carbocycles. The van der Waals surface area contributed by atoms with Crippen molar-refractivity contribution < 1.29 is 14.5 Å². The fourth-order valence-corrected chi connectivity index (χ4v) is 1.71. The highest BCUT2D eigenvalue weighted by Gasteiger charge is 2.04. The van der Waals surface area contributed by atoms with Crippen molar-refractivity contribution in [1.29, 1.82) is 0 Å². The smallest absolute Gasteiger partial charge is 0.277 e. The Bertz CT molecular complexity index is 726. The maximum absolute atomic E-state index is 11.6. The summed E-state index contributed by atoms with van der Waals surface area (Å²) in [6.07, 6.45) is 1.33. The average molecular weight is 313 g/mol. The molecule has 1 amide bonds. The molecule has 7 nitrogen and oxygen atoms in total. The Morgan fingerprint density at radius 3 is 2.74 bits per heavy atom. The zero-order valence-electron chi connectivity index (χ0n) is 12.4. The van der Waals surface area contributed by atoms with E-state index in [-0.39, 0.29) is 12.3 Å². The summed E-state index contributed by atoms with van der Waals surface area (Å²) in [4.78, 5) is 21.7. The van der Waals surface area contributed by atoms with Gasteiger partial charge in [-0.1, -0.05) is 29.8 Å². The van der Waals surface area contributed by atoms with E-state index in [9.17, 15) is 14.9 Å². The highest BCUT2D eigenvalue weighted by molar-refractivity contribution is 5.83. The van der Waals surface area contributed by atoms with Crippen LogP contribution in [0, 0.1) is 17.0 Å². The standard InChI is InChI=1S/C16H15N3O4/c1-12-5-7-15(8-6-12)23-11-16(20)18-17-10-13-3-2-4-14(9-13)19(21)22/h2-10H,11H2,1H3,(H,18,20)/b17-10+. The molecule has 0 aliphatic rings. The van der Waals surface area contributed by atoms with E-state index in [4.69, 9.17) is 4.74 Å². The number of benzene rings is 2. The summed E-state index contributed by atoms with van der Waals surface area (Å²) < 4.78 is 5.30. The normalized spacial score (nSPS) is 10.5. The van der Waals surface area contributed by atoms with E-state index in [2.05, 4.69) is 10.5 Å². The largest absolute Gasteiger partial charge is 0.484 e. The van der Waals surface area contributed by atoms with Gasteiger partial charge < -0.3 is 4.74 Å². The summed E-state index contributed by atoms with van der Waals surface area (Å²) in [7, 11) is 0. The number of nitrogens with one attached hydrogen (secondary N) is 1. The van der Waals surface area contributed by atoms with Crippen molar-refractivity contribution in [2.45, 2.75) is 6.92 Å². The van der Waals surface area contributed by atoms with Gasteiger partial charge in [-0.2, -0.15) is 5.10 Å². The van der Waals surface area contributed by atoms with Crippen LogP contribution in [0.2, 0.25) is 0 Å². The van der Waals surface area contributed by atoms with Crippen molar-refractivity contribution in [3.8, 4) is 5.75 Å². The first kappa shape index (κ1) is 16.2. The Morgan fingerprint density at radius 2 is 2.04 bits per heavy atom. The first-order chi connectivity index (χ1) is 11.0. The van der Waals surface area contributed by atoms with E-state index in [0.29, 0.717) is 11.3 Å². The lowest BCUT2D eigenvalue weighted by Gasteiger charge is -2.04. The molecule has 0 saturated carbocycles. The number of hydrogen-bond acceptors (Lipinski definition) is 5. The number of nitro benzene ring substituents is 1. The molecule has 0 fully saturated rings. The second-order valence-corrected chi connectivity index (χ2v) is 4.75. The van der Waals surface area contributed by atoms with Gasteiger partial charge >= 0.3 is 0 Å². The minimum Gasteiger partial charge on any atom is -0.484 e. The number of carbonyl (C=O) groups is 1. The molecule has 0 heterocycles. The second kappa shape index (κ2) is 7.69. The quantitative estimate of drug-likeness (QED) is 0.503. The zero-order valence-corrected chi connectivity index (χ0v) is 12.4. The highest BCUT2D eigenvalue weighted by Crippen LogP contribution is 2.12. The van der Waals surface area contributed by atoms with Gasteiger partial charge in [0, 0.05) is 17.7 Å². The van der Waals surface area contributed by atoms with Crippen LogP contribution in [0.25, 0.3) is 0 Å². The van der Waals surface area contributed by atoms with Crippen LogP contribution in [0.1, 0.15) is 11.1 Å². The third kappa shape index (κ3) is 5.24. The predicted octanol–water partition coefficient (Wildman–Crippen LogP) is 2.43. The molecule has 7 heteroatoms. The van der Waals surface area contributed by atoms with Gasteiger partial charge in [-0.15, -0.1) is 0 Å². The number of rotatable bonds is 6. The Kier molecular flexibility index (Phi) is 5.40. The van der Waals surface area contributed by atoms with Gasteiger partial charge in [0.2, 0.25) is 0 Å². The summed E-state index contributed by atoms with van der Waals surface area (Å²) in [5, 5.41) is 14.4. The van der Waals surface area contributed by atoms with Crippen molar-refractivity contribution >= 4 is 17.8 Å². The molecular weight excluding hydrogens is 298 g/mol. The molecule has 2 aromatic rings. The first-order valence-electron chi connectivity index (χ1n) is 6.80. The van der Waals surface area contributed by atoms with Gasteiger partial charge in [0.1, 0.15) is 5.75 Å². The monoisotopic (exact) mass is 313 g/mol. The Labute approximate surface area is 132 Å². The van der Waals surface area contributed by atoms with E-state index in [1.807, 2.05) is 19.1 Å². The minimum absolute atomic E-state index is 0.0389. The zero-order chi connectivity index (χ0) is 16.7. The fourth-order valence-electron chi connectivity index (χ4n) is 1.71. The summed E-state index contributed by atoms with van der Waals surface area (Å²) in [5.41, 5.74) is 3.87. The van der Waals surface area contributed by atoms with Crippen LogP contribution in [-0.4, -0.2) is 23.7 Å². The molecule has 0 radical (unpaired) electrons. The number of carbonyl (C=O) groups excluding carboxylic acids is 1. The number of nitro groups is 1. The van der Waals surface area contributed by atoms with Crippen molar-refractivity contribution in [2.75, 3.05) is 6.61 Å². The average Bonchev–Trinajstić information content (AvgIpc) is 2.54. The molecule has 2 rings (SSSR count). The molecule has 0 spiro atoms. The summed E-state index contributed by atoms with van der Waals surface area (Å²) in [5.74, 6) is 0.167. The number of nitrogens with zero attached hydrogens (tertiary/aromatic N) is 2. The molecule has 0 atom stereocenters. The lowest BCUT2D eigenvalue weighted by Crippen LogP contribution is -2.24. The number of amides is 1. The molecule has 118 valence electrons. The SMILES string of the molecule is Cc1ccc(OCC(=O)N/N=C/c2cccc([N+](=O)[O-])c2)cc1. The molecule has 1 N–H and O–H groups in total. The van der Waals surface area contributed by atoms with Crippen molar-refractivity contribution in [1.82, 2.24) is 5.43 Å². The Balaban J connectivity index is 1.83. The van der Waals surface area contributed by atoms with Crippen LogP contribution in [0.5, 0.6) is 5.75 Å². The fraction of sp³-hybridized carbons (Fsp3) is 0.125. The van der Waals surface area contributed by atoms with Crippen LogP contribution in [0.3, 0.4) is 0 Å². The molecule has 0 unspecified atom stereocenters. The van der Waals surface area contributed by atoms with Crippen LogP contribution in [0.4, 0.5) is 5.69 Å². The number of non-ortho nitro benzene ring substituents is 1. The lowest BCUT2D eigenvalue weighted by molar-refractivity contribution is -0.384. The van der Waals surface area contributed by atoms with Gasteiger partial charge in [0.05, 0.1) is 11.1 Å². The van der Waals surface area contributed by atoms with Crippen LogP contribution in [-0.2, 0) is 4.79 Å². The molecule has 2 aromatic carbocycles. The number of aryl methyl sites for hydroxylation is 1. The van der Waals surface area contributed by atoms with E-state index in [0.717, 1.165) is 5.56 Å². The lowest BCUT2D eigenvalue weighted by atomic mass is 10.2. The molecular formula is C16H15N3O4. The highest BCUT2D eigenvalue weighted by atomic mass is 16.6. The number of hydrogen-bond donors (Lipinski definition) is 1. The van der Waals surface area contributed by atoms with Crippen molar-refractivity contribution in [3.05, 3.63) is 69.8 Å². The first-order valence-corrected chi connectivity index (χ1v) is 6.80. The van der Waals surface area contributed by atoms with E-state index < -0.39 is 10.8 Å². The predicted molar refractivity (Wildman–Crippen MR) is 85.5 cm³/mol. The van der Waals surface area contributed by atoms with Crippen molar-refractivity contribution in [2.24, 2.45) is 5.10 Å². The van der Waals surface area contributed by atoms with Crippen LogP contribution < -0.4 is 10.2 Å². The van der Waals surface area contributed by atoms with Gasteiger partial charge in [-0.05, 0) is 19.1 Å². The Hall–Kier alpha value is -3.22. The van der Waals surface area contributed by atoms with E-state index in [1.54, 1.807) is 24.3 Å². The minimum atomic E-state index is -0.495. The summed E-state index contributed by atoms with van der Waals surface area (Å²) >= 11 is 0. The molecule has 0 aliphatic heterocycles. The molecule has 23 heavy (non-hydrogen) atoms. The van der Waals surface area contributed by atoms with Gasteiger partial charge in [0.15, 0.2) is 6.61 Å². The molecule has 0 saturated heterocycles. The maximum Gasteiger partial charge on any atom is 0.277 e. The number of ether oxygens (including phenoxy) is 1. The van der Waals surface area contributed by atoms with Crippen LogP contribution in [0.15, 0.2) is 53.6 Å². The van der Waals surface area contributed by atoms with Gasteiger partial charge in [-0.25, -0.2) is 5.43 Å². The number of hydrazone groups is 1. The summed E-state index contributed by atoms with van der Waals surface area (Å²) in [6, 6.07) is 13.2. The second-order valence-electron chi connectivity index (χ2n) is 4.75. The van der Waals surface area contributed by atoms with Crippen LogP contribution >= 0.6 is 0 Å². The van der Waals surface area contributed by atoms with Gasteiger partial charge in [-0.3, -0.25) is 14.9 Å². The molecule has 0 bridgehead atoms. The third-order valence-corrected chi connectivity index (χ3v) is 2.87. The van der Waals surface area contributed by atoms with Gasteiger partial charge in [0.25, 0.3) is 11.6 Å². The maximum atomic E-state index is 11.6. The van der Waals surface area contributed by atoms with E-state index in [1.165, 1.54) is 18.3 Å². The Morgan fingerprint density at radius 1 is 1.30 bits per heavy atom. The topological polar surface area (TPSA) is 93.8 Å². The van der Waals surface area contributed by atoms with Crippen molar-refractivity contribution in [3.63, 3.8) is 0 Å². The summed E-state index contributed by atoms with van der Waals surface area (Å²) in [6.45, 7) is 1.79. The molecule has 0 aromatic heterocycles. The van der Waals surface area contributed by atoms with E-state index >= 15 is 0 Å². The third-order valence-electron chi connectivity index (χ3n) is 2.87.